The standard InChI is InChI=1S/C26H26ClN3O4/c1-2-20(29-17-28-30-14-13-22(31)24(32)23(30)26(29)33)11-7-15-34-25-19(10-6-12-21(25)27)16-18-8-4-3-5-9-18/h3-14,20,28,32H,2,15-17H2,1H3/b11-7+/t20-/m1/s1. The lowest BCUT2D eigenvalue weighted by Crippen LogP contribution is -2.50. The first-order chi connectivity index (χ1) is 16.5. The molecule has 2 aromatic carbocycles. The van der Waals surface area contributed by atoms with Crippen LogP contribution in [0.3, 0.4) is 0 Å². The summed E-state index contributed by atoms with van der Waals surface area (Å²) in [6, 6.07) is 16.8. The molecule has 1 aromatic heterocycles. The fourth-order valence-corrected chi connectivity index (χ4v) is 4.21. The Hall–Kier alpha value is -3.71. The van der Waals surface area contributed by atoms with E-state index in [2.05, 4.69) is 17.6 Å². The van der Waals surface area contributed by atoms with Gasteiger partial charge in [0.05, 0.1) is 11.1 Å². The molecule has 7 nitrogen and oxygen atoms in total. The molecule has 1 aliphatic rings. The monoisotopic (exact) mass is 479 g/mol. The molecule has 1 amide bonds. The molecule has 0 spiro atoms. The van der Waals surface area contributed by atoms with Gasteiger partial charge in [0.15, 0.2) is 11.4 Å². The number of hydrogen-bond donors (Lipinski definition) is 2. The van der Waals surface area contributed by atoms with Gasteiger partial charge in [-0.2, -0.15) is 0 Å². The summed E-state index contributed by atoms with van der Waals surface area (Å²) >= 11 is 6.42. The lowest BCUT2D eigenvalue weighted by atomic mass is 10.0. The zero-order valence-corrected chi connectivity index (χ0v) is 19.5. The van der Waals surface area contributed by atoms with Crippen molar-refractivity contribution < 1.29 is 14.6 Å². The Labute approximate surface area is 202 Å². The molecule has 0 saturated heterocycles. The van der Waals surface area contributed by atoms with Crippen molar-refractivity contribution in [2.24, 2.45) is 0 Å². The van der Waals surface area contributed by atoms with E-state index in [-0.39, 0.29) is 25.0 Å². The molecule has 34 heavy (non-hydrogen) atoms. The third-order valence-corrected chi connectivity index (χ3v) is 6.03. The molecule has 1 atom stereocenters. The molecule has 8 heteroatoms. The average molecular weight is 480 g/mol. The Balaban J connectivity index is 1.45. The van der Waals surface area contributed by atoms with Crippen LogP contribution in [0.2, 0.25) is 5.02 Å². The van der Waals surface area contributed by atoms with Crippen molar-refractivity contribution in [1.29, 1.82) is 0 Å². The first-order valence-electron chi connectivity index (χ1n) is 11.1. The number of aromatic hydroxyl groups is 1. The summed E-state index contributed by atoms with van der Waals surface area (Å²) in [6.07, 6.45) is 6.53. The van der Waals surface area contributed by atoms with Crippen molar-refractivity contribution in [2.45, 2.75) is 25.8 Å². The number of fused-ring (bicyclic) bond motifs is 1. The van der Waals surface area contributed by atoms with E-state index in [9.17, 15) is 14.7 Å². The highest BCUT2D eigenvalue weighted by molar-refractivity contribution is 6.32. The van der Waals surface area contributed by atoms with Crippen LogP contribution in [0.4, 0.5) is 0 Å². The minimum Gasteiger partial charge on any atom is -0.502 e. The predicted molar refractivity (Wildman–Crippen MR) is 132 cm³/mol. The number of amides is 1. The van der Waals surface area contributed by atoms with Crippen LogP contribution in [-0.4, -0.2) is 39.9 Å². The number of hydrogen-bond acceptors (Lipinski definition) is 5. The van der Waals surface area contributed by atoms with Crippen molar-refractivity contribution in [3.63, 3.8) is 0 Å². The van der Waals surface area contributed by atoms with E-state index in [1.165, 1.54) is 16.9 Å². The maximum atomic E-state index is 13.0. The SMILES string of the molecule is CC[C@H](/C=C/COc1c(Cl)cccc1Cc1ccccc1)N1CNn2ccc(=O)c(O)c2C1=O. The molecule has 0 fully saturated rings. The lowest BCUT2D eigenvalue weighted by molar-refractivity contribution is 0.0674. The number of nitrogens with one attached hydrogen (secondary N) is 1. The lowest BCUT2D eigenvalue weighted by Gasteiger charge is -2.35. The van der Waals surface area contributed by atoms with Crippen LogP contribution in [0.25, 0.3) is 0 Å². The number of nitrogens with zero attached hydrogens (tertiary/aromatic N) is 2. The molecule has 4 rings (SSSR count). The van der Waals surface area contributed by atoms with Crippen LogP contribution < -0.4 is 15.6 Å². The number of aromatic nitrogens is 1. The van der Waals surface area contributed by atoms with Gasteiger partial charge in [0.1, 0.15) is 19.0 Å². The second-order valence-corrected chi connectivity index (χ2v) is 8.35. The number of benzene rings is 2. The van der Waals surface area contributed by atoms with Crippen molar-refractivity contribution in [3.05, 3.63) is 105 Å². The molecule has 1 aliphatic heterocycles. The Morgan fingerprint density at radius 3 is 2.71 bits per heavy atom. The Morgan fingerprint density at radius 1 is 1.15 bits per heavy atom. The molecule has 0 unspecified atom stereocenters. The molecule has 2 heterocycles. The second-order valence-electron chi connectivity index (χ2n) is 7.94. The number of carbonyl (C=O) groups excluding carboxylic acids is 1. The van der Waals surface area contributed by atoms with Crippen molar-refractivity contribution in [3.8, 4) is 11.5 Å². The Bertz CT molecular complexity index is 1260. The predicted octanol–water partition coefficient (Wildman–Crippen LogP) is 4.17. The van der Waals surface area contributed by atoms with Crippen LogP contribution in [0.15, 0.2) is 77.7 Å². The van der Waals surface area contributed by atoms with Crippen molar-refractivity contribution >= 4 is 17.5 Å². The van der Waals surface area contributed by atoms with Gasteiger partial charge in [0.2, 0.25) is 5.43 Å². The Morgan fingerprint density at radius 2 is 1.94 bits per heavy atom. The van der Waals surface area contributed by atoms with E-state index >= 15 is 0 Å². The van der Waals surface area contributed by atoms with Gasteiger partial charge >= 0.3 is 0 Å². The fourth-order valence-electron chi connectivity index (χ4n) is 3.97. The van der Waals surface area contributed by atoms with Crippen LogP contribution in [0, 0.1) is 0 Å². The van der Waals surface area contributed by atoms with Gasteiger partial charge in [-0.05, 0) is 24.1 Å². The highest BCUT2D eigenvalue weighted by Gasteiger charge is 2.31. The number of halogens is 1. The highest BCUT2D eigenvalue weighted by atomic mass is 35.5. The zero-order chi connectivity index (χ0) is 24.1. The molecule has 2 N–H and O–H groups in total. The summed E-state index contributed by atoms with van der Waals surface area (Å²) in [5.41, 5.74) is 4.52. The van der Waals surface area contributed by atoms with Crippen LogP contribution >= 0.6 is 11.6 Å². The van der Waals surface area contributed by atoms with E-state index in [0.29, 0.717) is 23.6 Å². The molecule has 0 aliphatic carbocycles. The topological polar surface area (TPSA) is 83.8 Å². The summed E-state index contributed by atoms with van der Waals surface area (Å²) in [7, 11) is 0. The molecular formula is C26H26ClN3O4. The van der Waals surface area contributed by atoms with E-state index in [1.54, 1.807) is 11.0 Å². The van der Waals surface area contributed by atoms with Gasteiger partial charge in [-0.15, -0.1) is 0 Å². The smallest absolute Gasteiger partial charge is 0.278 e. The maximum absolute atomic E-state index is 13.0. The summed E-state index contributed by atoms with van der Waals surface area (Å²) in [5, 5.41) is 10.7. The molecule has 0 radical (unpaired) electrons. The van der Waals surface area contributed by atoms with Gasteiger partial charge in [-0.25, -0.2) is 0 Å². The number of carbonyl (C=O) groups is 1. The highest BCUT2D eigenvalue weighted by Crippen LogP contribution is 2.30. The summed E-state index contributed by atoms with van der Waals surface area (Å²) in [5.74, 6) is -0.334. The molecular weight excluding hydrogens is 454 g/mol. The van der Waals surface area contributed by atoms with Crippen LogP contribution in [0.5, 0.6) is 11.5 Å². The van der Waals surface area contributed by atoms with Crippen LogP contribution in [-0.2, 0) is 6.42 Å². The first-order valence-corrected chi connectivity index (χ1v) is 11.5. The van der Waals surface area contributed by atoms with Gasteiger partial charge in [-0.1, -0.05) is 67.1 Å². The van der Waals surface area contributed by atoms with Gasteiger partial charge in [-0.3, -0.25) is 14.3 Å². The number of rotatable bonds is 8. The minimum atomic E-state index is -0.591. The molecule has 3 aromatic rings. The third kappa shape index (κ3) is 4.94. The molecule has 0 saturated carbocycles. The van der Waals surface area contributed by atoms with Gasteiger partial charge in [0, 0.05) is 24.2 Å². The number of pyridine rings is 1. The zero-order valence-electron chi connectivity index (χ0n) is 18.8. The summed E-state index contributed by atoms with van der Waals surface area (Å²) < 4.78 is 7.39. The largest absolute Gasteiger partial charge is 0.502 e. The number of para-hydroxylation sites is 1. The van der Waals surface area contributed by atoms with Crippen molar-refractivity contribution in [2.75, 3.05) is 18.7 Å². The quantitative estimate of drug-likeness (QED) is 0.474. The van der Waals surface area contributed by atoms with Gasteiger partial charge in [0.25, 0.3) is 5.91 Å². The molecule has 0 bridgehead atoms. The van der Waals surface area contributed by atoms with Gasteiger partial charge < -0.3 is 20.2 Å². The van der Waals surface area contributed by atoms with E-state index in [4.69, 9.17) is 16.3 Å². The van der Waals surface area contributed by atoms with E-state index in [0.717, 1.165) is 11.1 Å². The van der Waals surface area contributed by atoms with E-state index in [1.807, 2.05) is 49.4 Å². The average Bonchev–Trinajstić information content (AvgIpc) is 2.84. The summed E-state index contributed by atoms with van der Waals surface area (Å²) in [6.45, 7) is 2.48. The number of ether oxygens (including phenoxy) is 1. The van der Waals surface area contributed by atoms with Crippen molar-refractivity contribution in [1.82, 2.24) is 9.58 Å². The molecule has 176 valence electrons. The minimum absolute atomic E-state index is 0.0662. The Kier molecular flexibility index (Phi) is 7.23. The summed E-state index contributed by atoms with van der Waals surface area (Å²) in [4.78, 5) is 26.4. The van der Waals surface area contributed by atoms with Crippen LogP contribution in [0.1, 0.15) is 35.0 Å². The first kappa shape index (κ1) is 23.4. The normalized spacial score (nSPS) is 14.1. The fraction of sp³-hybridized carbons (Fsp3) is 0.231. The third-order valence-electron chi connectivity index (χ3n) is 5.74. The second kappa shape index (κ2) is 10.5. The van der Waals surface area contributed by atoms with E-state index < -0.39 is 17.1 Å². The maximum Gasteiger partial charge on any atom is 0.278 e.